The number of hydrogen-bond acceptors (Lipinski definition) is 2. The van der Waals surface area contributed by atoms with Gasteiger partial charge in [-0.3, -0.25) is 9.69 Å². The number of nitrogens with zero attached hydrogens (tertiary/aromatic N) is 1. The first kappa shape index (κ1) is 18.9. The van der Waals surface area contributed by atoms with Crippen molar-refractivity contribution in [3.63, 3.8) is 0 Å². The highest BCUT2D eigenvalue weighted by Gasteiger charge is 2.29. The molecule has 0 bridgehead atoms. The van der Waals surface area contributed by atoms with Crippen LogP contribution in [0.25, 0.3) is 0 Å². The van der Waals surface area contributed by atoms with E-state index in [0.29, 0.717) is 18.9 Å². The van der Waals surface area contributed by atoms with Crippen LogP contribution in [0.3, 0.4) is 0 Å². The van der Waals surface area contributed by atoms with Crippen LogP contribution in [0.2, 0.25) is 0 Å². The van der Waals surface area contributed by atoms with E-state index in [-0.39, 0.29) is 23.2 Å². The molecule has 1 amide bonds. The maximum Gasteiger partial charge on any atom is 0.220 e. The number of carbonyl (C=O) groups is 1. The van der Waals surface area contributed by atoms with Crippen LogP contribution in [0, 0.1) is 11.7 Å². The molecule has 134 valence electrons. The molecule has 0 spiro atoms. The lowest BCUT2D eigenvalue weighted by atomic mass is 9.85. The Kier molecular flexibility index (Phi) is 6.39. The van der Waals surface area contributed by atoms with E-state index in [4.69, 9.17) is 0 Å². The molecule has 24 heavy (non-hydrogen) atoms. The minimum absolute atomic E-state index is 0.00460. The van der Waals surface area contributed by atoms with E-state index in [1.54, 1.807) is 12.1 Å². The van der Waals surface area contributed by atoms with Crippen LogP contribution < -0.4 is 5.32 Å². The molecule has 1 aliphatic rings. The first-order valence-corrected chi connectivity index (χ1v) is 9.07. The number of hydrogen-bond donors (Lipinski definition) is 1. The molecular formula is C20H31FN2O. The number of carbonyl (C=O) groups excluding carboxylic acids is 1. The molecule has 0 aromatic heterocycles. The molecule has 4 heteroatoms. The van der Waals surface area contributed by atoms with Gasteiger partial charge in [-0.25, -0.2) is 4.39 Å². The zero-order valence-corrected chi connectivity index (χ0v) is 15.4. The molecule has 1 aromatic rings. The standard InChI is InChI=1S/C20H31FN2O/c1-15(2)18(16-7-9-17(21)10-8-16)13-19(24)22-14-20(3,4)23-11-5-6-12-23/h7-10,15,18H,5-6,11-14H2,1-4H3,(H,22,24). The predicted octanol–water partition coefficient (Wildman–Crippen LogP) is 3.95. The van der Waals surface area contributed by atoms with Crippen molar-refractivity contribution in [1.29, 1.82) is 0 Å². The Morgan fingerprint density at radius 3 is 2.33 bits per heavy atom. The fourth-order valence-electron chi connectivity index (χ4n) is 3.47. The Morgan fingerprint density at radius 1 is 1.21 bits per heavy atom. The minimum atomic E-state index is -0.238. The number of benzene rings is 1. The molecule has 0 saturated carbocycles. The van der Waals surface area contributed by atoms with E-state index < -0.39 is 0 Å². The van der Waals surface area contributed by atoms with Gasteiger partial charge in [0.1, 0.15) is 5.82 Å². The highest BCUT2D eigenvalue weighted by molar-refractivity contribution is 5.77. The molecule has 1 atom stereocenters. The van der Waals surface area contributed by atoms with Crippen LogP contribution in [0.5, 0.6) is 0 Å². The SMILES string of the molecule is CC(C)C(CC(=O)NCC(C)(C)N1CCCC1)c1ccc(F)cc1. The average Bonchev–Trinajstić information content (AvgIpc) is 3.07. The van der Waals surface area contributed by atoms with Crippen LogP contribution in [0.4, 0.5) is 4.39 Å². The van der Waals surface area contributed by atoms with E-state index in [9.17, 15) is 9.18 Å². The lowest BCUT2D eigenvalue weighted by molar-refractivity contribution is -0.122. The zero-order chi connectivity index (χ0) is 17.7. The monoisotopic (exact) mass is 334 g/mol. The third-order valence-corrected chi connectivity index (χ3v) is 5.19. The Labute approximate surface area is 145 Å². The lowest BCUT2D eigenvalue weighted by Crippen LogP contribution is -2.50. The van der Waals surface area contributed by atoms with Crippen molar-refractivity contribution in [2.75, 3.05) is 19.6 Å². The summed E-state index contributed by atoms with van der Waals surface area (Å²) in [5.74, 6) is 0.275. The topological polar surface area (TPSA) is 32.3 Å². The molecule has 0 radical (unpaired) electrons. The maximum absolute atomic E-state index is 13.1. The summed E-state index contributed by atoms with van der Waals surface area (Å²) in [4.78, 5) is 14.9. The first-order valence-electron chi connectivity index (χ1n) is 9.07. The fraction of sp³-hybridized carbons (Fsp3) is 0.650. The molecule has 1 saturated heterocycles. The second-order valence-corrected chi connectivity index (χ2v) is 7.89. The van der Waals surface area contributed by atoms with Crippen LogP contribution >= 0.6 is 0 Å². The van der Waals surface area contributed by atoms with Crippen molar-refractivity contribution in [1.82, 2.24) is 10.2 Å². The largest absolute Gasteiger partial charge is 0.354 e. The molecule has 1 unspecified atom stereocenters. The third kappa shape index (κ3) is 5.04. The molecule has 2 rings (SSSR count). The van der Waals surface area contributed by atoms with Gasteiger partial charge in [0.25, 0.3) is 0 Å². The summed E-state index contributed by atoms with van der Waals surface area (Å²) in [7, 11) is 0. The van der Waals surface area contributed by atoms with Crippen molar-refractivity contribution in [2.45, 2.75) is 58.4 Å². The summed E-state index contributed by atoms with van der Waals surface area (Å²) in [6.07, 6.45) is 2.94. The van der Waals surface area contributed by atoms with Gasteiger partial charge in [-0.15, -0.1) is 0 Å². The van der Waals surface area contributed by atoms with Gasteiger partial charge in [-0.1, -0.05) is 26.0 Å². The van der Waals surface area contributed by atoms with Gasteiger partial charge in [0.05, 0.1) is 0 Å². The first-order chi connectivity index (χ1) is 11.3. The smallest absolute Gasteiger partial charge is 0.220 e. The van der Waals surface area contributed by atoms with Gasteiger partial charge >= 0.3 is 0 Å². The maximum atomic E-state index is 13.1. The summed E-state index contributed by atoms with van der Waals surface area (Å²) in [5, 5.41) is 3.11. The van der Waals surface area contributed by atoms with Crippen molar-refractivity contribution >= 4 is 5.91 Å². The van der Waals surface area contributed by atoms with Crippen molar-refractivity contribution in [3.05, 3.63) is 35.6 Å². The van der Waals surface area contributed by atoms with E-state index >= 15 is 0 Å². The molecular weight excluding hydrogens is 303 g/mol. The molecule has 1 fully saturated rings. The second-order valence-electron chi connectivity index (χ2n) is 7.89. The van der Waals surface area contributed by atoms with Gasteiger partial charge in [0, 0.05) is 18.5 Å². The number of nitrogens with one attached hydrogen (secondary N) is 1. The van der Waals surface area contributed by atoms with Crippen LogP contribution in [0.1, 0.15) is 58.4 Å². The molecule has 1 N–H and O–H groups in total. The van der Waals surface area contributed by atoms with E-state index in [1.165, 1.54) is 25.0 Å². The van der Waals surface area contributed by atoms with Crippen molar-refractivity contribution < 1.29 is 9.18 Å². The normalized spacial score (nSPS) is 17.2. The number of likely N-dealkylation sites (tertiary alicyclic amines) is 1. The molecule has 1 aromatic carbocycles. The van der Waals surface area contributed by atoms with Gasteiger partial charge in [0.2, 0.25) is 5.91 Å². The quantitative estimate of drug-likeness (QED) is 0.819. The third-order valence-electron chi connectivity index (χ3n) is 5.19. The Morgan fingerprint density at radius 2 is 1.79 bits per heavy atom. The van der Waals surface area contributed by atoms with Crippen LogP contribution in [-0.2, 0) is 4.79 Å². The van der Waals surface area contributed by atoms with E-state index in [0.717, 1.165) is 18.7 Å². The zero-order valence-electron chi connectivity index (χ0n) is 15.4. The Bertz CT molecular complexity index is 533. The number of amides is 1. The van der Waals surface area contributed by atoms with E-state index in [1.807, 2.05) is 0 Å². The number of rotatable bonds is 7. The summed E-state index contributed by atoms with van der Waals surface area (Å²) < 4.78 is 13.1. The summed E-state index contributed by atoms with van der Waals surface area (Å²) in [6, 6.07) is 6.53. The Balaban J connectivity index is 1.92. The number of halogens is 1. The fourth-order valence-corrected chi connectivity index (χ4v) is 3.47. The van der Waals surface area contributed by atoms with Crippen LogP contribution in [-0.4, -0.2) is 36.0 Å². The molecule has 0 aliphatic carbocycles. The Hall–Kier alpha value is -1.42. The van der Waals surface area contributed by atoms with Gasteiger partial charge < -0.3 is 5.32 Å². The van der Waals surface area contributed by atoms with Gasteiger partial charge in [-0.05, 0) is 69.3 Å². The van der Waals surface area contributed by atoms with Crippen LogP contribution in [0.15, 0.2) is 24.3 Å². The molecule has 3 nitrogen and oxygen atoms in total. The lowest BCUT2D eigenvalue weighted by Gasteiger charge is -2.35. The van der Waals surface area contributed by atoms with Gasteiger partial charge in [-0.2, -0.15) is 0 Å². The minimum Gasteiger partial charge on any atom is -0.354 e. The molecule has 1 heterocycles. The summed E-state index contributed by atoms with van der Waals surface area (Å²) >= 11 is 0. The van der Waals surface area contributed by atoms with Crippen molar-refractivity contribution in [2.24, 2.45) is 5.92 Å². The van der Waals surface area contributed by atoms with E-state index in [2.05, 4.69) is 37.9 Å². The van der Waals surface area contributed by atoms with Crippen molar-refractivity contribution in [3.8, 4) is 0 Å². The highest BCUT2D eigenvalue weighted by Crippen LogP contribution is 2.28. The molecule has 1 aliphatic heterocycles. The second kappa shape index (κ2) is 8.11. The predicted molar refractivity (Wildman–Crippen MR) is 96.5 cm³/mol. The highest BCUT2D eigenvalue weighted by atomic mass is 19.1. The summed E-state index contributed by atoms with van der Waals surface area (Å²) in [6.45, 7) is 11.5. The summed E-state index contributed by atoms with van der Waals surface area (Å²) in [5.41, 5.74) is 1.02. The van der Waals surface area contributed by atoms with Gasteiger partial charge in [0.15, 0.2) is 0 Å². The average molecular weight is 334 g/mol.